The summed E-state index contributed by atoms with van der Waals surface area (Å²) in [5.74, 6) is -0.891. The van der Waals surface area contributed by atoms with Gasteiger partial charge in [-0.15, -0.1) is 0 Å². The van der Waals surface area contributed by atoms with E-state index in [1.807, 2.05) is 0 Å². The van der Waals surface area contributed by atoms with E-state index in [4.69, 9.17) is 14.2 Å². The molecule has 0 aliphatic carbocycles. The molecule has 0 aromatic heterocycles. The molecule has 0 N–H and O–H groups in total. The van der Waals surface area contributed by atoms with Gasteiger partial charge in [0.1, 0.15) is 13.2 Å². The Morgan fingerprint density at radius 2 is 0.508 bits per heavy atom. The predicted molar refractivity (Wildman–Crippen MR) is 279 cm³/mol. The summed E-state index contributed by atoms with van der Waals surface area (Å²) in [7, 11) is 0. The summed E-state index contributed by atoms with van der Waals surface area (Å²) in [4.78, 5) is 38.1. The molecule has 6 heteroatoms. The van der Waals surface area contributed by atoms with Crippen LogP contribution in [0.1, 0.15) is 303 Å². The van der Waals surface area contributed by atoms with Crippen LogP contribution in [0.2, 0.25) is 0 Å². The first-order valence-electron chi connectivity index (χ1n) is 28.5. The van der Waals surface area contributed by atoms with Crippen molar-refractivity contribution < 1.29 is 28.6 Å². The van der Waals surface area contributed by atoms with E-state index in [1.165, 1.54) is 186 Å². The molecule has 0 radical (unpaired) electrons. The molecule has 0 bridgehead atoms. The highest BCUT2D eigenvalue weighted by molar-refractivity contribution is 5.71. The number of esters is 3. The minimum Gasteiger partial charge on any atom is -0.462 e. The number of hydrogen-bond acceptors (Lipinski definition) is 6. The van der Waals surface area contributed by atoms with Crippen molar-refractivity contribution in [1.29, 1.82) is 0 Å². The maximum Gasteiger partial charge on any atom is 0.306 e. The van der Waals surface area contributed by atoms with E-state index < -0.39 is 6.10 Å². The zero-order valence-corrected chi connectivity index (χ0v) is 43.5. The molecule has 0 aliphatic rings. The van der Waals surface area contributed by atoms with Crippen molar-refractivity contribution in [2.24, 2.45) is 0 Å². The van der Waals surface area contributed by atoms with Gasteiger partial charge in [-0.05, 0) is 96.3 Å². The summed E-state index contributed by atoms with van der Waals surface area (Å²) in [6.07, 6.45) is 64.1. The molecule has 0 aromatic carbocycles. The predicted octanol–water partition coefficient (Wildman–Crippen LogP) is 18.9. The zero-order valence-electron chi connectivity index (χ0n) is 43.5. The molecule has 65 heavy (non-hydrogen) atoms. The van der Waals surface area contributed by atoms with Crippen molar-refractivity contribution in [1.82, 2.24) is 0 Å². The number of allylic oxidation sites excluding steroid dienone is 6. The van der Waals surface area contributed by atoms with Crippen LogP contribution in [0.25, 0.3) is 0 Å². The van der Waals surface area contributed by atoms with Gasteiger partial charge in [0.25, 0.3) is 0 Å². The summed E-state index contributed by atoms with van der Waals surface area (Å²) in [6, 6.07) is 0. The molecule has 1 atom stereocenters. The first-order chi connectivity index (χ1) is 32.0. The van der Waals surface area contributed by atoms with Gasteiger partial charge >= 0.3 is 17.9 Å². The molecule has 1 unspecified atom stereocenters. The number of unbranched alkanes of at least 4 members (excludes halogenated alkanes) is 35. The Morgan fingerprint density at radius 1 is 0.292 bits per heavy atom. The van der Waals surface area contributed by atoms with Crippen molar-refractivity contribution in [2.45, 2.75) is 309 Å². The number of carbonyl (C=O) groups is 3. The van der Waals surface area contributed by atoms with Gasteiger partial charge < -0.3 is 14.2 Å². The summed E-state index contributed by atoms with van der Waals surface area (Å²) in [5.41, 5.74) is 0. The molecule has 0 amide bonds. The van der Waals surface area contributed by atoms with Crippen LogP contribution in [0.4, 0.5) is 0 Å². The Labute approximate surface area is 404 Å². The maximum atomic E-state index is 12.8. The molecule has 0 saturated carbocycles. The normalized spacial score (nSPS) is 12.2. The highest BCUT2D eigenvalue weighted by atomic mass is 16.6. The van der Waals surface area contributed by atoms with E-state index in [1.54, 1.807) is 0 Å². The maximum absolute atomic E-state index is 12.8. The number of carbonyl (C=O) groups excluding carboxylic acids is 3. The molecular weight excluding hydrogens is 805 g/mol. The van der Waals surface area contributed by atoms with Crippen molar-refractivity contribution in [2.75, 3.05) is 13.2 Å². The summed E-state index contributed by atoms with van der Waals surface area (Å²) < 4.78 is 16.8. The van der Waals surface area contributed by atoms with Crippen molar-refractivity contribution in [3.8, 4) is 0 Å². The topological polar surface area (TPSA) is 78.9 Å². The standard InChI is InChI=1S/C59H108O6/c1-4-7-10-13-16-19-22-25-28-31-34-37-40-43-46-49-52-58(61)64-55-56(54-63-57(60)51-48-45-42-39-36-33-30-27-24-21-18-15-12-9-6-3)65-59(62)53-50-47-44-41-38-35-32-29-26-23-20-17-14-11-8-5-2/h27-32,56H,4-26,33-55H2,1-3H3/b30-27-,31-28-,32-29-. The van der Waals surface area contributed by atoms with Gasteiger partial charge in [0.15, 0.2) is 6.10 Å². The molecule has 0 rings (SSSR count). The van der Waals surface area contributed by atoms with Crippen molar-refractivity contribution in [3.05, 3.63) is 36.5 Å². The van der Waals surface area contributed by atoms with Gasteiger partial charge in [-0.3, -0.25) is 14.4 Å². The third-order valence-electron chi connectivity index (χ3n) is 12.6. The molecule has 0 saturated heterocycles. The highest BCUT2D eigenvalue weighted by Gasteiger charge is 2.19. The van der Waals surface area contributed by atoms with Gasteiger partial charge in [0, 0.05) is 19.3 Å². The SMILES string of the molecule is CCCCCCCC/C=C\CCCCCCCC(=O)OCC(COC(=O)CCCCCCC/C=C\CCCCCCCCC)OC(=O)CCCCCCC/C=C\CCCCCCCCC. The average molecular weight is 914 g/mol. The molecule has 0 spiro atoms. The first kappa shape index (κ1) is 62.6. The molecule has 0 heterocycles. The lowest BCUT2D eigenvalue weighted by Gasteiger charge is -2.18. The van der Waals surface area contributed by atoms with E-state index in [-0.39, 0.29) is 31.1 Å². The Hall–Kier alpha value is -2.37. The summed E-state index contributed by atoms with van der Waals surface area (Å²) >= 11 is 0. The minimum atomic E-state index is -0.781. The Balaban J connectivity index is 4.39. The van der Waals surface area contributed by atoms with Crippen LogP contribution < -0.4 is 0 Å². The smallest absolute Gasteiger partial charge is 0.306 e. The Morgan fingerprint density at radius 3 is 0.769 bits per heavy atom. The monoisotopic (exact) mass is 913 g/mol. The molecule has 6 nitrogen and oxygen atoms in total. The summed E-state index contributed by atoms with van der Waals surface area (Å²) in [6.45, 7) is 6.64. The van der Waals surface area contributed by atoms with Crippen LogP contribution in [-0.4, -0.2) is 37.2 Å². The largest absolute Gasteiger partial charge is 0.462 e. The fraction of sp³-hybridized carbons (Fsp3) is 0.847. The second-order valence-corrected chi connectivity index (χ2v) is 19.2. The highest BCUT2D eigenvalue weighted by Crippen LogP contribution is 2.15. The summed E-state index contributed by atoms with van der Waals surface area (Å²) in [5, 5.41) is 0. The van der Waals surface area contributed by atoms with Crippen LogP contribution in [0, 0.1) is 0 Å². The first-order valence-corrected chi connectivity index (χ1v) is 28.5. The van der Waals surface area contributed by atoms with Crippen LogP contribution >= 0.6 is 0 Å². The van der Waals surface area contributed by atoms with Gasteiger partial charge in [0.2, 0.25) is 0 Å². The molecule has 0 aliphatic heterocycles. The van der Waals surface area contributed by atoms with E-state index in [0.717, 1.165) is 77.0 Å². The van der Waals surface area contributed by atoms with E-state index in [0.29, 0.717) is 19.3 Å². The van der Waals surface area contributed by atoms with Crippen LogP contribution in [0.15, 0.2) is 36.5 Å². The Kier molecular flexibility index (Phi) is 52.3. The van der Waals surface area contributed by atoms with Crippen molar-refractivity contribution >= 4 is 17.9 Å². The number of hydrogen-bond donors (Lipinski definition) is 0. The second kappa shape index (κ2) is 54.2. The van der Waals surface area contributed by atoms with Gasteiger partial charge in [-0.25, -0.2) is 0 Å². The molecule has 0 fully saturated rings. The average Bonchev–Trinajstić information content (AvgIpc) is 3.30. The van der Waals surface area contributed by atoms with Crippen LogP contribution in [0.5, 0.6) is 0 Å². The fourth-order valence-electron chi connectivity index (χ4n) is 8.25. The van der Waals surface area contributed by atoms with E-state index in [2.05, 4.69) is 57.2 Å². The van der Waals surface area contributed by atoms with Crippen molar-refractivity contribution in [3.63, 3.8) is 0 Å². The zero-order chi connectivity index (χ0) is 47.2. The lowest BCUT2D eigenvalue weighted by Crippen LogP contribution is -2.30. The van der Waals surface area contributed by atoms with Gasteiger partial charge in [0.05, 0.1) is 0 Å². The molecule has 380 valence electrons. The van der Waals surface area contributed by atoms with Crippen LogP contribution in [-0.2, 0) is 28.6 Å². The van der Waals surface area contributed by atoms with Gasteiger partial charge in [-0.1, -0.05) is 224 Å². The van der Waals surface area contributed by atoms with Crippen LogP contribution in [0.3, 0.4) is 0 Å². The molecular formula is C59H108O6. The molecule has 0 aromatic rings. The lowest BCUT2D eigenvalue weighted by atomic mass is 10.1. The second-order valence-electron chi connectivity index (χ2n) is 19.2. The van der Waals surface area contributed by atoms with E-state index >= 15 is 0 Å². The third-order valence-corrected chi connectivity index (χ3v) is 12.6. The lowest BCUT2D eigenvalue weighted by molar-refractivity contribution is -0.167. The van der Waals surface area contributed by atoms with E-state index in [9.17, 15) is 14.4 Å². The Bertz CT molecular complexity index is 1090. The number of ether oxygens (including phenoxy) is 3. The number of rotatable bonds is 52. The fourth-order valence-corrected chi connectivity index (χ4v) is 8.25. The van der Waals surface area contributed by atoms with Gasteiger partial charge in [-0.2, -0.15) is 0 Å². The third kappa shape index (κ3) is 52.5. The minimum absolute atomic E-state index is 0.0804. The quantitative estimate of drug-likeness (QED) is 0.0262.